The second kappa shape index (κ2) is 6.93. The van der Waals surface area contributed by atoms with Gasteiger partial charge in [-0.05, 0) is 75.2 Å². The molecule has 5 nitrogen and oxygen atoms in total. The van der Waals surface area contributed by atoms with Crippen molar-refractivity contribution < 1.29 is 13.2 Å². The average molecular weight is 375 g/mol. The first-order valence-corrected chi connectivity index (χ1v) is 10.2. The average Bonchev–Trinajstić information content (AvgIpc) is 2.57. The number of sulfonamides is 1. The molecule has 140 valence electrons. The predicted octanol–water partition coefficient (Wildman–Crippen LogP) is 3.72. The van der Waals surface area contributed by atoms with Crippen LogP contribution in [0.15, 0.2) is 47.4 Å². The minimum absolute atomic E-state index is 0.0846. The van der Waals surface area contributed by atoms with Gasteiger partial charge < -0.3 is 9.64 Å². The van der Waals surface area contributed by atoms with Gasteiger partial charge in [-0.25, -0.2) is 8.42 Å². The van der Waals surface area contributed by atoms with Crippen LogP contribution in [0, 0.1) is 13.8 Å². The van der Waals surface area contributed by atoms with E-state index in [4.69, 9.17) is 4.74 Å². The summed E-state index contributed by atoms with van der Waals surface area (Å²) in [4.78, 5) is 2.57. The van der Waals surface area contributed by atoms with E-state index in [9.17, 15) is 8.42 Å². The summed E-state index contributed by atoms with van der Waals surface area (Å²) < 4.78 is 33.5. The molecule has 26 heavy (non-hydrogen) atoms. The maximum absolute atomic E-state index is 12.6. The SMILES string of the molecule is Cc1ccc(S(=O)(=O)Nc2ccc(N3CCOCC3(C)C)cc2)cc1C. The fourth-order valence-corrected chi connectivity index (χ4v) is 4.28. The Labute approximate surface area is 156 Å². The normalized spacial score (nSPS) is 17.2. The number of morpholine rings is 1. The Morgan fingerprint density at radius 2 is 1.73 bits per heavy atom. The Bertz CT molecular complexity index is 890. The summed E-state index contributed by atoms with van der Waals surface area (Å²) in [5.74, 6) is 0. The third-order valence-corrected chi connectivity index (χ3v) is 6.24. The molecule has 0 aliphatic carbocycles. The molecule has 0 atom stereocenters. The van der Waals surface area contributed by atoms with Crippen LogP contribution in [0.3, 0.4) is 0 Å². The van der Waals surface area contributed by atoms with Gasteiger partial charge in [-0.1, -0.05) is 6.07 Å². The summed E-state index contributed by atoms with van der Waals surface area (Å²) in [5, 5.41) is 0. The van der Waals surface area contributed by atoms with Crippen LogP contribution >= 0.6 is 0 Å². The zero-order chi connectivity index (χ0) is 18.9. The molecule has 0 unspecified atom stereocenters. The molecule has 0 radical (unpaired) electrons. The van der Waals surface area contributed by atoms with E-state index in [-0.39, 0.29) is 10.4 Å². The van der Waals surface area contributed by atoms with Crippen LogP contribution < -0.4 is 9.62 Å². The Hall–Kier alpha value is -2.05. The third kappa shape index (κ3) is 3.86. The highest BCUT2D eigenvalue weighted by Crippen LogP contribution is 2.28. The lowest BCUT2D eigenvalue weighted by molar-refractivity contribution is 0.0644. The summed E-state index contributed by atoms with van der Waals surface area (Å²) in [6.07, 6.45) is 0. The predicted molar refractivity (Wildman–Crippen MR) is 105 cm³/mol. The highest BCUT2D eigenvalue weighted by atomic mass is 32.2. The van der Waals surface area contributed by atoms with E-state index in [2.05, 4.69) is 23.5 Å². The highest BCUT2D eigenvalue weighted by Gasteiger charge is 2.30. The maximum Gasteiger partial charge on any atom is 0.261 e. The number of hydrogen-bond acceptors (Lipinski definition) is 4. The molecule has 2 aromatic carbocycles. The highest BCUT2D eigenvalue weighted by molar-refractivity contribution is 7.92. The second-order valence-electron chi connectivity index (χ2n) is 7.42. The lowest BCUT2D eigenvalue weighted by Gasteiger charge is -2.43. The summed E-state index contributed by atoms with van der Waals surface area (Å²) in [5.41, 5.74) is 3.56. The van der Waals surface area contributed by atoms with Gasteiger partial charge in [-0.2, -0.15) is 0 Å². The summed E-state index contributed by atoms with van der Waals surface area (Å²) in [6, 6.07) is 12.7. The minimum Gasteiger partial charge on any atom is -0.377 e. The first-order valence-electron chi connectivity index (χ1n) is 8.75. The lowest BCUT2D eigenvalue weighted by Crippen LogP contribution is -2.53. The molecule has 1 aliphatic rings. The molecule has 0 saturated carbocycles. The molecule has 2 aromatic rings. The van der Waals surface area contributed by atoms with Crippen molar-refractivity contribution in [3.63, 3.8) is 0 Å². The van der Waals surface area contributed by atoms with Crippen LogP contribution in [0.25, 0.3) is 0 Å². The number of hydrogen-bond donors (Lipinski definition) is 1. The summed E-state index contributed by atoms with van der Waals surface area (Å²) >= 11 is 0. The van der Waals surface area contributed by atoms with Gasteiger partial charge in [0.1, 0.15) is 0 Å². The number of aryl methyl sites for hydroxylation is 2. The molecule has 1 aliphatic heterocycles. The largest absolute Gasteiger partial charge is 0.377 e. The molecular formula is C20H26N2O3S. The van der Waals surface area contributed by atoms with Gasteiger partial charge in [0.15, 0.2) is 0 Å². The molecule has 0 aromatic heterocycles. The van der Waals surface area contributed by atoms with Crippen molar-refractivity contribution in [1.82, 2.24) is 0 Å². The Morgan fingerprint density at radius 1 is 1.04 bits per heavy atom. The number of anilines is 2. The van der Waals surface area contributed by atoms with Gasteiger partial charge in [0.2, 0.25) is 0 Å². The van der Waals surface area contributed by atoms with Gasteiger partial charge in [0.25, 0.3) is 10.0 Å². The van der Waals surface area contributed by atoms with Crippen LogP contribution in [0.1, 0.15) is 25.0 Å². The van der Waals surface area contributed by atoms with Gasteiger partial charge in [-0.3, -0.25) is 4.72 Å². The number of ether oxygens (including phenoxy) is 1. The smallest absolute Gasteiger partial charge is 0.261 e. The monoisotopic (exact) mass is 374 g/mol. The van der Waals surface area contributed by atoms with Crippen LogP contribution in [0.2, 0.25) is 0 Å². The fraction of sp³-hybridized carbons (Fsp3) is 0.400. The van der Waals surface area contributed by atoms with Gasteiger partial charge in [-0.15, -0.1) is 0 Å². The lowest BCUT2D eigenvalue weighted by atomic mass is 10.0. The van der Waals surface area contributed by atoms with Crippen molar-refractivity contribution in [1.29, 1.82) is 0 Å². The third-order valence-electron chi connectivity index (χ3n) is 4.87. The molecule has 1 heterocycles. The second-order valence-corrected chi connectivity index (χ2v) is 9.10. The number of nitrogens with zero attached hydrogens (tertiary/aromatic N) is 1. The maximum atomic E-state index is 12.6. The zero-order valence-electron chi connectivity index (χ0n) is 15.7. The van der Waals surface area contributed by atoms with Crippen molar-refractivity contribution in [3.8, 4) is 0 Å². The van der Waals surface area contributed by atoms with E-state index in [0.29, 0.717) is 18.9 Å². The van der Waals surface area contributed by atoms with Crippen molar-refractivity contribution in [2.24, 2.45) is 0 Å². The number of benzene rings is 2. The van der Waals surface area contributed by atoms with Crippen LogP contribution in [0.4, 0.5) is 11.4 Å². The van der Waals surface area contributed by atoms with Gasteiger partial charge >= 0.3 is 0 Å². The molecule has 1 N–H and O–H groups in total. The molecule has 3 rings (SSSR count). The van der Waals surface area contributed by atoms with E-state index >= 15 is 0 Å². The Morgan fingerprint density at radius 3 is 2.35 bits per heavy atom. The first kappa shape index (κ1) is 18.7. The molecule has 1 fully saturated rings. The summed E-state index contributed by atoms with van der Waals surface area (Å²) in [6.45, 7) is 10.3. The Kier molecular flexibility index (Phi) is 4.99. The summed E-state index contributed by atoms with van der Waals surface area (Å²) in [7, 11) is -3.60. The van der Waals surface area contributed by atoms with E-state index in [1.54, 1.807) is 24.3 Å². The molecule has 0 bridgehead atoms. The number of rotatable bonds is 4. The van der Waals surface area contributed by atoms with Crippen LogP contribution in [-0.2, 0) is 14.8 Å². The van der Waals surface area contributed by atoms with E-state index in [1.807, 2.05) is 32.0 Å². The van der Waals surface area contributed by atoms with Crippen LogP contribution in [0.5, 0.6) is 0 Å². The molecule has 1 saturated heterocycles. The minimum atomic E-state index is -3.60. The topological polar surface area (TPSA) is 58.6 Å². The molecular weight excluding hydrogens is 348 g/mol. The van der Waals surface area contributed by atoms with Crippen molar-refractivity contribution in [2.75, 3.05) is 29.4 Å². The molecule has 0 spiro atoms. The zero-order valence-corrected chi connectivity index (χ0v) is 16.6. The Balaban J connectivity index is 1.79. The molecule has 6 heteroatoms. The standard InChI is InChI=1S/C20H26N2O3S/c1-15-5-10-19(13-16(15)2)26(23,24)21-17-6-8-18(9-7-17)22-11-12-25-14-20(22,3)4/h5-10,13,21H,11-12,14H2,1-4H3. The van der Waals surface area contributed by atoms with Gasteiger partial charge in [0.05, 0.1) is 23.6 Å². The molecule has 0 amide bonds. The van der Waals surface area contributed by atoms with Crippen molar-refractivity contribution >= 4 is 21.4 Å². The fourth-order valence-electron chi connectivity index (χ4n) is 3.14. The van der Waals surface area contributed by atoms with Gasteiger partial charge in [0, 0.05) is 17.9 Å². The first-order chi connectivity index (χ1) is 12.2. The van der Waals surface area contributed by atoms with E-state index in [1.165, 1.54) is 0 Å². The van der Waals surface area contributed by atoms with Crippen molar-refractivity contribution in [3.05, 3.63) is 53.6 Å². The van der Waals surface area contributed by atoms with E-state index in [0.717, 1.165) is 23.4 Å². The van der Waals surface area contributed by atoms with E-state index < -0.39 is 10.0 Å². The number of nitrogens with one attached hydrogen (secondary N) is 1. The quantitative estimate of drug-likeness (QED) is 0.886. The van der Waals surface area contributed by atoms with Crippen molar-refractivity contribution in [2.45, 2.75) is 38.1 Å². The van der Waals surface area contributed by atoms with Crippen LogP contribution in [-0.4, -0.2) is 33.7 Å².